The lowest BCUT2D eigenvalue weighted by Gasteiger charge is -2.48. The summed E-state index contributed by atoms with van der Waals surface area (Å²) in [5.74, 6) is 0.686. The number of piperidine rings is 1. The Hall–Kier alpha value is -0.160. The van der Waals surface area contributed by atoms with Crippen molar-refractivity contribution >= 4 is 0 Å². The lowest BCUT2D eigenvalue weighted by Crippen LogP contribution is -2.63. The fourth-order valence-corrected chi connectivity index (χ4v) is 3.42. The molecule has 0 spiro atoms. The summed E-state index contributed by atoms with van der Waals surface area (Å²) in [6.45, 7) is 11.5. The lowest BCUT2D eigenvalue weighted by molar-refractivity contribution is 0.0461. The molecular weight excluding hydrogens is 224 g/mol. The summed E-state index contributed by atoms with van der Waals surface area (Å²) >= 11 is 0. The second-order valence-electron chi connectivity index (χ2n) is 6.56. The average molecular weight is 254 g/mol. The van der Waals surface area contributed by atoms with E-state index in [1.54, 1.807) is 0 Å². The van der Waals surface area contributed by atoms with E-state index in [9.17, 15) is 0 Å². The predicted molar refractivity (Wildman–Crippen MR) is 76.7 cm³/mol. The van der Waals surface area contributed by atoms with Crippen LogP contribution in [-0.2, 0) is 0 Å². The van der Waals surface area contributed by atoms with Crippen LogP contribution in [0.3, 0.4) is 0 Å². The summed E-state index contributed by atoms with van der Waals surface area (Å²) < 4.78 is 0. The van der Waals surface area contributed by atoms with Crippen molar-refractivity contribution in [1.29, 1.82) is 0 Å². The van der Waals surface area contributed by atoms with Crippen LogP contribution in [0.25, 0.3) is 0 Å². The molecule has 3 N–H and O–H groups in total. The molecule has 2 saturated heterocycles. The van der Waals surface area contributed by atoms with Gasteiger partial charge in [-0.15, -0.1) is 0 Å². The van der Waals surface area contributed by atoms with Gasteiger partial charge in [0.25, 0.3) is 0 Å². The van der Waals surface area contributed by atoms with E-state index in [4.69, 9.17) is 5.73 Å². The number of nitrogens with one attached hydrogen (secondary N) is 1. The average Bonchev–Trinajstić information content (AvgIpc) is 2.40. The molecule has 1 atom stereocenters. The van der Waals surface area contributed by atoms with Gasteiger partial charge in [-0.3, -0.25) is 4.90 Å². The van der Waals surface area contributed by atoms with Crippen molar-refractivity contribution in [1.82, 2.24) is 15.1 Å². The molecule has 2 fully saturated rings. The molecule has 106 valence electrons. The van der Waals surface area contributed by atoms with Crippen LogP contribution in [0.5, 0.6) is 0 Å². The summed E-state index contributed by atoms with van der Waals surface area (Å²) in [5.41, 5.74) is 6.75. The van der Waals surface area contributed by atoms with Gasteiger partial charge in [-0.05, 0) is 52.7 Å². The van der Waals surface area contributed by atoms with E-state index in [0.717, 1.165) is 26.2 Å². The normalized spacial score (nSPS) is 27.3. The molecule has 0 aromatic rings. The van der Waals surface area contributed by atoms with Crippen LogP contribution in [0, 0.1) is 5.92 Å². The van der Waals surface area contributed by atoms with E-state index in [-0.39, 0.29) is 5.54 Å². The SMILES string of the molecule is CN1CCC(C(N)C(C)(C)N2CCNCC2)CC1. The highest BCUT2D eigenvalue weighted by Crippen LogP contribution is 2.29. The molecule has 18 heavy (non-hydrogen) atoms. The van der Waals surface area contributed by atoms with Crippen LogP contribution < -0.4 is 11.1 Å². The molecular formula is C14H30N4. The summed E-state index contributed by atoms with van der Waals surface area (Å²) in [6, 6.07) is 0.296. The van der Waals surface area contributed by atoms with Gasteiger partial charge in [-0.2, -0.15) is 0 Å². The minimum atomic E-state index is 0.128. The van der Waals surface area contributed by atoms with Gasteiger partial charge in [0.1, 0.15) is 0 Å². The minimum absolute atomic E-state index is 0.128. The molecule has 0 bridgehead atoms. The largest absolute Gasteiger partial charge is 0.326 e. The maximum Gasteiger partial charge on any atom is 0.0307 e. The Morgan fingerprint density at radius 2 is 1.67 bits per heavy atom. The predicted octanol–water partition coefficient (Wildman–Crippen LogP) is 0.339. The number of nitrogens with zero attached hydrogens (tertiary/aromatic N) is 2. The third kappa shape index (κ3) is 3.05. The van der Waals surface area contributed by atoms with E-state index >= 15 is 0 Å². The molecule has 0 aromatic heterocycles. The molecule has 4 nitrogen and oxygen atoms in total. The van der Waals surface area contributed by atoms with Crippen molar-refractivity contribution in [3.05, 3.63) is 0 Å². The van der Waals surface area contributed by atoms with E-state index in [0.29, 0.717) is 12.0 Å². The van der Waals surface area contributed by atoms with Crippen LogP contribution in [0.1, 0.15) is 26.7 Å². The Bertz CT molecular complexity index is 253. The standard InChI is InChI=1S/C14H30N4/c1-14(2,18-10-6-16-7-11-18)13(15)12-4-8-17(3)9-5-12/h12-13,16H,4-11,15H2,1-3H3. The van der Waals surface area contributed by atoms with Crippen molar-refractivity contribution < 1.29 is 0 Å². The number of nitrogens with two attached hydrogens (primary N) is 1. The number of piperazine rings is 1. The monoisotopic (exact) mass is 254 g/mol. The maximum absolute atomic E-state index is 6.62. The zero-order chi connectivity index (χ0) is 13.2. The minimum Gasteiger partial charge on any atom is -0.326 e. The molecule has 2 rings (SSSR count). The van der Waals surface area contributed by atoms with Crippen LogP contribution in [-0.4, -0.2) is 67.7 Å². The molecule has 4 heteroatoms. The number of hydrogen-bond acceptors (Lipinski definition) is 4. The molecule has 0 aromatic carbocycles. The third-order valence-electron chi connectivity index (χ3n) is 5.02. The van der Waals surface area contributed by atoms with Crippen molar-refractivity contribution in [2.75, 3.05) is 46.3 Å². The highest BCUT2D eigenvalue weighted by Gasteiger charge is 2.38. The van der Waals surface area contributed by atoms with Gasteiger partial charge in [-0.25, -0.2) is 0 Å². The number of likely N-dealkylation sites (tertiary alicyclic amines) is 1. The Balaban J connectivity index is 1.95. The number of rotatable bonds is 3. The smallest absolute Gasteiger partial charge is 0.0307 e. The molecule has 2 aliphatic rings. The fraction of sp³-hybridized carbons (Fsp3) is 1.00. The molecule has 2 heterocycles. The summed E-state index contributed by atoms with van der Waals surface area (Å²) in [5, 5.41) is 3.42. The zero-order valence-electron chi connectivity index (χ0n) is 12.3. The van der Waals surface area contributed by atoms with Crippen molar-refractivity contribution in [2.45, 2.75) is 38.3 Å². The highest BCUT2D eigenvalue weighted by atomic mass is 15.3. The van der Waals surface area contributed by atoms with E-state index in [2.05, 4.69) is 36.0 Å². The molecule has 0 aliphatic carbocycles. The molecule has 0 radical (unpaired) electrons. The maximum atomic E-state index is 6.62. The number of hydrogen-bond donors (Lipinski definition) is 2. The van der Waals surface area contributed by atoms with Crippen molar-refractivity contribution in [3.63, 3.8) is 0 Å². The van der Waals surface area contributed by atoms with Crippen molar-refractivity contribution in [2.24, 2.45) is 11.7 Å². The van der Waals surface area contributed by atoms with Gasteiger partial charge in [0.2, 0.25) is 0 Å². The Morgan fingerprint density at radius 3 is 2.22 bits per heavy atom. The van der Waals surface area contributed by atoms with Gasteiger partial charge >= 0.3 is 0 Å². The van der Waals surface area contributed by atoms with Crippen molar-refractivity contribution in [3.8, 4) is 0 Å². The molecule has 0 amide bonds. The summed E-state index contributed by atoms with van der Waals surface area (Å²) in [7, 11) is 2.21. The van der Waals surface area contributed by atoms with Crippen LogP contribution in [0.15, 0.2) is 0 Å². The van der Waals surface area contributed by atoms with Gasteiger partial charge in [0, 0.05) is 37.8 Å². The summed E-state index contributed by atoms with van der Waals surface area (Å²) in [6.07, 6.45) is 2.51. The van der Waals surface area contributed by atoms with Crippen LogP contribution in [0.2, 0.25) is 0 Å². The zero-order valence-corrected chi connectivity index (χ0v) is 12.3. The Labute approximate surface area is 112 Å². The Kier molecular flexibility index (Phi) is 4.64. The van der Waals surface area contributed by atoms with E-state index in [1.807, 2.05) is 0 Å². The molecule has 0 saturated carbocycles. The van der Waals surface area contributed by atoms with Gasteiger partial charge in [0.15, 0.2) is 0 Å². The van der Waals surface area contributed by atoms with Gasteiger partial charge in [0.05, 0.1) is 0 Å². The fourth-order valence-electron chi connectivity index (χ4n) is 3.42. The lowest BCUT2D eigenvalue weighted by atomic mass is 9.78. The van der Waals surface area contributed by atoms with E-state index in [1.165, 1.54) is 25.9 Å². The topological polar surface area (TPSA) is 44.5 Å². The van der Waals surface area contributed by atoms with Crippen LogP contribution >= 0.6 is 0 Å². The second kappa shape index (κ2) is 5.87. The van der Waals surface area contributed by atoms with E-state index < -0.39 is 0 Å². The van der Waals surface area contributed by atoms with Crippen LogP contribution in [0.4, 0.5) is 0 Å². The Morgan fingerprint density at radius 1 is 1.11 bits per heavy atom. The first-order chi connectivity index (χ1) is 8.51. The first kappa shape index (κ1) is 14.3. The molecule has 2 aliphatic heterocycles. The quantitative estimate of drug-likeness (QED) is 0.762. The first-order valence-corrected chi connectivity index (χ1v) is 7.41. The first-order valence-electron chi connectivity index (χ1n) is 7.41. The summed E-state index contributed by atoms with van der Waals surface area (Å²) in [4.78, 5) is 4.99. The molecule has 1 unspecified atom stereocenters. The second-order valence-corrected chi connectivity index (χ2v) is 6.56. The van der Waals surface area contributed by atoms with Gasteiger partial charge in [-0.1, -0.05) is 0 Å². The van der Waals surface area contributed by atoms with Gasteiger partial charge < -0.3 is 16.0 Å². The highest BCUT2D eigenvalue weighted by molar-refractivity contribution is 4.97. The third-order valence-corrected chi connectivity index (χ3v) is 5.02.